The number of carbonyl (C=O) groups is 1. The van der Waals surface area contributed by atoms with Crippen LogP contribution >= 0.6 is 7.82 Å². The summed E-state index contributed by atoms with van der Waals surface area (Å²) < 4.78 is 34.7. The van der Waals surface area contributed by atoms with Gasteiger partial charge in [-0.15, -0.1) is 0 Å². The van der Waals surface area contributed by atoms with Crippen LogP contribution < -0.4 is 0 Å². The maximum atomic E-state index is 12.7. The highest BCUT2D eigenvalue weighted by molar-refractivity contribution is 7.47. The fourth-order valence-electron chi connectivity index (χ4n) is 5.54. The van der Waals surface area contributed by atoms with Crippen LogP contribution in [0.1, 0.15) is 174 Å². The smallest absolute Gasteiger partial charge is 0.472 e. The van der Waals surface area contributed by atoms with E-state index in [9.17, 15) is 14.3 Å². The van der Waals surface area contributed by atoms with E-state index in [2.05, 4.69) is 50.3 Å². The van der Waals surface area contributed by atoms with Gasteiger partial charge in [0.25, 0.3) is 0 Å². The zero-order valence-corrected chi connectivity index (χ0v) is 35.9. The minimum Gasteiger partial charge on any atom is -0.498 e. The number of unbranched alkanes of at least 4 members (excludes halogenated alkanes) is 19. The van der Waals surface area contributed by atoms with Crippen LogP contribution in [0, 0.1) is 0 Å². The third-order valence-electron chi connectivity index (χ3n) is 8.93. The second-order valence-corrected chi connectivity index (χ2v) is 16.9. The average Bonchev–Trinajstić information content (AvgIpc) is 3.11. The van der Waals surface area contributed by atoms with Gasteiger partial charge in [0.05, 0.1) is 34.0 Å². The van der Waals surface area contributed by atoms with E-state index >= 15 is 0 Å². The van der Waals surface area contributed by atoms with E-state index in [4.69, 9.17) is 18.5 Å². The number of quaternary nitrogens is 1. The van der Waals surface area contributed by atoms with Crippen molar-refractivity contribution < 1.29 is 37.3 Å². The molecular weight excluding hydrogens is 685 g/mol. The lowest BCUT2D eigenvalue weighted by atomic mass is 10.1. The summed E-state index contributed by atoms with van der Waals surface area (Å²) in [5, 5.41) is 0. The molecule has 0 rings (SSSR count). The quantitative estimate of drug-likeness (QED) is 0.0166. The molecule has 0 aliphatic heterocycles. The standard InChI is InChI=1S/C44H82NO7P/c1-6-8-10-12-14-16-18-20-22-24-26-28-30-32-34-36-39-49-41-43(42-51-53(47,48)50-40-38-45(3,4)5)52-44(46)37-35-33-31-29-27-25-23-21-19-17-15-13-11-9-7-2/h15,17,20-23,36,39,43H,6-14,16,18-19,24-35,37-38,40-42H2,1-5H3/p+1/b17-15-,22-20-,23-21-,39-36-/t43-/m1/s1. The van der Waals surface area contributed by atoms with E-state index in [1.54, 1.807) is 6.26 Å². The minimum atomic E-state index is -4.30. The van der Waals surface area contributed by atoms with Gasteiger partial charge < -0.3 is 18.9 Å². The maximum absolute atomic E-state index is 12.7. The summed E-state index contributed by atoms with van der Waals surface area (Å²) in [5.41, 5.74) is 0. The molecule has 1 unspecified atom stereocenters. The largest absolute Gasteiger partial charge is 0.498 e. The van der Waals surface area contributed by atoms with Crippen LogP contribution in [0.15, 0.2) is 48.8 Å². The van der Waals surface area contributed by atoms with E-state index in [1.165, 1.54) is 89.9 Å². The highest BCUT2D eigenvalue weighted by Crippen LogP contribution is 2.43. The van der Waals surface area contributed by atoms with Crippen molar-refractivity contribution in [2.45, 2.75) is 180 Å². The van der Waals surface area contributed by atoms with Crippen LogP contribution in [0.2, 0.25) is 0 Å². The Balaban J connectivity index is 4.36. The lowest BCUT2D eigenvalue weighted by Gasteiger charge is -2.24. The molecular formula is C44H83NO7P+. The lowest BCUT2D eigenvalue weighted by molar-refractivity contribution is -0.870. The van der Waals surface area contributed by atoms with Gasteiger partial charge in [-0.05, 0) is 83.1 Å². The van der Waals surface area contributed by atoms with Gasteiger partial charge >= 0.3 is 13.8 Å². The molecule has 8 nitrogen and oxygen atoms in total. The molecule has 310 valence electrons. The summed E-state index contributed by atoms with van der Waals surface area (Å²) in [6.45, 7) is 4.86. The summed E-state index contributed by atoms with van der Waals surface area (Å²) in [4.78, 5) is 22.8. The monoisotopic (exact) mass is 769 g/mol. The molecule has 0 aromatic rings. The molecule has 0 radical (unpaired) electrons. The number of likely N-dealkylation sites (N-methyl/N-ethyl adjacent to an activating group) is 1. The molecule has 0 heterocycles. The summed E-state index contributed by atoms with van der Waals surface area (Å²) in [5.74, 6) is -0.354. The Morgan fingerprint density at radius 3 is 1.60 bits per heavy atom. The molecule has 0 aliphatic rings. The highest BCUT2D eigenvalue weighted by Gasteiger charge is 2.26. The zero-order valence-electron chi connectivity index (χ0n) is 35.0. The molecule has 1 N–H and O–H groups in total. The number of rotatable bonds is 39. The van der Waals surface area contributed by atoms with Crippen LogP contribution in [0.3, 0.4) is 0 Å². The van der Waals surface area contributed by atoms with Crippen molar-refractivity contribution in [3.05, 3.63) is 48.8 Å². The maximum Gasteiger partial charge on any atom is 0.472 e. The van der Waals surface area contributed by atoms with Crippen LogP contribution in [0.25, 0.3) is 0 Å². The first-order valence-electron chi connectivity index (χ1n) is 21.4. The van der Waals surface area contributed by atoms with Gasteiger partial charge in [-0.3, -0.25) is 13.8 Å². The molecule has 0 saturated heterocycles. The Morgan fingerprint density at radius 2 is 1.06 bits per heavy atom. The van der Waals surface area contributed by atoms with Gasteiger partial charge in [0.15, 0.2) is 6.10 Å². The van der Waals surface area contributed by atoms with Gasteiger partial charge in [0, 0.05) is 6.42 Å². The summed E-state index contributed by atoms with van der Waals surface area (Å²) in [6.07, 6.45) is 45.2. The predicted molar refractivity (Wildman–Crippen MR) is 224 cm³/mol. The van der Waals surface area contributed by atoms with E-state index in [-0.39, 0.29) is 25.8 Å². The number of hydrogen-bond donors (Lipinski definition) is 1. The fraction of sp³-hybridized carbons (Fsp3) is 0.795. The molecule has 0 aromatic heterocycles. The van der Waals surface area contributed by atoms with Crippen molar-refractivity contribution in [3.8, 4) is 0 Å². The van der Waals surface area contributed by atoms with Gasteiger partial charge in [0.2, 0.25) is 0 Å². The number of carbonyl (C=O) groups excluding carboxylic acids is 1. The Hall–Kier alpha value is -1.70. The van der Waals surface area contributed by atoms with Crippen LogP contribution in [0.5, 0.6) is 0 Å². The second-order valence-electron chi connectivity index (χ2n) is 15.4. The third-order valence-corrected chi connectivity index (χ3v) is 9.91. The number of phosphoric ester groups is 1. The van der Waals surface area contributed by atoms with Crippen molar-refractivity contribution in [2.24, 2.45) is 0 Å². The first kappa shape index (κ1) is 51.3. The first-order valence-corrected chi connectivity index (χ1v) is 22.9. The minimum absolute atomic E-state index is 0.0361. The molecule has 2 atom stereocenters. The molecule has 0 fully saturated rings. The Labute approximate surface area is 327 Å². The van der Waals surface area contributed by atoms with Gasteiger partial charge in [-0.2, -0.15) is 0 Å². The molecule has 0 saturated carbocycles. The van der Waals surface area contributed by atoms with Crippen LogP contribution in [0.4, 0.5) is 0 Å². The Morgan fingerprint density at radius 1 is 0.604 bits per heavy atom. The van der Waals surface area contributed by atoms with Gasteiger partial charge in [-0.25, -0.2) is 4.57 Å². The van der Waals surface area contributed by atoms with Crippen LogP contribution in [-0.4, -0.2) is 69.0 Å². The van der Waals surface area contributed by atoms with Gasteiger partial charge in [0.1, 0.15) is 19.8 Å². The number of esters is 1. The number of hydrogen-bond acceptors (Lipinski definition) is 6. The first-order chi connectivity index (χ1) is 25.6. The SMILES string of the molecule is CCCCC/C=C\C/C=C\CCCCCCCC(=O)O[C@H](CO/C=C\CCCCCC/C=C\CCCCCCCC)COP(=O)(O)OCC[N+](C)(C)C. The number of ether oxygens (including phenoxy) is 2. The molecule has 0 bridgehead atoms. The summed E-state index contributed by atoms with van der Waals surface area (Å²) in [7, 11) is 1.62. The molecule has 0 spiro atoms. The third kappa shape index (κ3) is 41.3. The zero-order chi connectivity index (χ0) is 39.1. The molecule has 53 heavy (non-hydrogen) atoms. The number of phosphoric acid groups is 1. The predicted octanol–water partition coefficient (Wildman–Crippen LogP) is 12.7. The van der Waals surface area contributed by atoms with Crippen LogP contribution in [-0.2, 0) is 27.9 Å². The lowest BCUT2D eigenvalue weighted by Crippen LogP contribution is -2.37. The topological polar surface area (TPSA) is 91.3 Å². The van der Waals surface area contributed by atoms with Crippen molar-refractivity contribution in [2.75, 3.05) is 47.5 Å². The molecule has 9 heteroatoms. The van der Waals surface area contributed by atoms with Gasteiger partial charge in [-0.1, -0.05) is 127 Å². The molecule has 0 aliphatic carbocycles. The second kappa shape index (κ2) is 37.2. The van der Waals surface area contributed by atoms with Crippen molar-refractivity contribution in [1.82, 2.24) is 0 Å². The normalized spacial score (nSPS) is 14.2. The number of nitrogens with zero attached hydrogens (tertiary/aromatic N) is 1. The summed E-state index contributed by atoms with van der Waals surface area (Å²) >= 11 is 0. The fourth-order valence-corrected chi connectivity index (χ4v) is 6.28. The Kier molecular flexibility index (Phi) is 36.0. The number of allylic oxidation sites excluding steroid dienone is 7. The van der Waals surface area contributed by atoms with E-state index in [0.29, 0.717) is 17.4 Å². The van der Waals surface area contributed by atoms with E-state index in [0.717, 1.165) is 64.2 Å². The molecule has 0 amide bonds. The Bertz CT molecular complexity index is 989. The average molecular weight is 769 g/mol. The van der Waals surface area contributed by atoms with Crippen molar-refractivity contribution >= 4 is 13.8 Å². The van der Waals surface area contributed by atoms with E-state index < -0.39 is 13.9 Å². The van der Waals surface area contributed by atoms with Crippen molar-refractivity contribution in [3.63, 3.8) is 0 Å². The van der Waals surface area contributed by atoms with Crippen molar-refractivity contribution in [1.29, 1.82) is 0 Å². The highest BCUT2D eigenvalue weighted by atomic mass is 31.2. The molecule has 0 aromatic carbocycles. The van der Waals surface area contributed by atoms with E-state index in [1.807, 2.05) is 27.2 Å². The summed E-state index contributed by atoms with van der Waals surface area (Å²) in [6, 6.07) is 0.